The minimum absolute atomic E-state index is 0.316. The molecule has 0 fully saturated rings. The van der Waals surface area contributed by atoms with Crippen LogP contribution in [-0.2, 0) is 20.7 Å². The number of benzene rings is 2. The van der Waals surface area contributed by atoms with E-state index in [2.05, 4.69) is 0 Å². The average Bonchev–Trinajstić information content (AvgIpc) is 2.99. The monoisotopic (exact) mass is 422 g/mol. The number of hydrogen-bond donors (Lipinski definition) is 1. The molecule has 1 aromatic heterocycles. The maximum atomic E-state index is 12.7. The van der Waals surface area contributed by atoms with Crippen LogP contribution in [0, 0.1) is 12.3 Å². The lowest BCUT2D eigenvalue weighted by Gasteiger charge is -2.17. The molecule has 7 nitrogen and oxygen atoms in total. The molecule has 162 valence electrons. The van der Waals surface area contributed by atoms with Gasteiger partial charge < -0.3 is 15.2 Å². The molecule has 0 atom stereocenters. The second kappa shape index (κ2) is 8.63. The number of hydrogen-bond acceptors (Lipinski definition) is 5. The van der Waals surface area contributed by atoms with Gasteiger partial charge in [0.1, 0.15) is 5.75 Å². The topological polar surface area (TPSA) is 101 Å². The van der Waals surface area contributed by atoms with Crippen LogP contribution in [0.15, 0.2) is 48.5 Å². The van der Waals surface area contributed by atoms with Crippen LogP contribution in [0.4, 0.5) is 0 Å². The largest absolute Gasteiger partial charge is 0.455 e. The van der Waals surface area contributed by atoms with Gasteiger partial charge in [-0.15, -0.1) is 0 Å². The van der Waals surface area contributed by atoms with Crippen molar-refractivity contribution in [3.05, 3.63) is 65.4 Å². The van der Waals surface area contributed by atoms with Gasteiger partial charge >= 0.3 is 17.8 Å². The molecule has 0 aliphatic rings. The second-order valence-electron chi connectivity index (χ2n) is 8.33. The number of aromatic nitrogens is 1. The molecule has 3 rings (SSSR count). The highest BCUT2D eigenvalue weighted by Crippen LogP contribution is 2.34. The first-order chi connectivity index (χ1) is 14.6. The Kier molecular flexibility index (Phi) is 6.15. The highest BCUT2D eigenvalue weighted by Gasteiger charge is 2.26. The smallest absolute Gasteiger partial charge is 0.320 e. The van der Waals surface area contributed by atoms with E-state index in [-0.39, 0.29) is 6.79 Å². The van der Waals surface area contributed by atoms with Gasteiger partial charge in [-0.25, -0.2) is 0 Å². The lowest BCUT2D eigenvalue weighted by molar-refractivity contribution is -0.159. The van der Waals surface area contributed by atoms with Crippen molar-refractivity contribution < 1.29 is 23.9 Å². The molecular weight excluding hydrogens is 396 g/mol. The number of amides is 1. The number of nitrogens with two attached hydrogens (primary N) is 1. The van der Waals surface area contributed by atoms with Gasteiger partial charge in [0.05, 0.1) is 10.9 Å². The van der Waals surface area contributed by atoms with Crippen molar-refractivity contribution in [1.82, 2.24) is 4.57 Å². The van der Waals surface area contributed by atoms with Crippen molar-refractivity contribution in [2.45, 2.75) is 34.1 Å². The molecular formula is C24H26N2O5. The van der Waals surface area contributed by atoms with E-state index in [0.717, 1.165) is 16.5 Å². The summed E-state index contributed by atoms with van der Waals surface area (Å²) in [5.41, 5.74) is 7.60. The number of nitrogens with zero attached hydrogens (tertiary/aromatic N) is 1. The third-order valence-corrected chi connectivity index (χ3v) is 4.97. The van der Waals surface area contributed by atoms with E-state index < -0.39 is 23.2 Å². The molecule has 0 bridgehead atoms. The van der Waals surface area contributed by atoms with E-state index in [1.54, 1.807) is 39.8 Å². The van der Waals surface area contributed by atoms with Crippen LogP contribution in [0.1, 0.15) is 42.4 Å². The average molecular weight is 422 g/mol. The van der Waals surface area contributed by atoms with Crippen molar-refractivity contribution in [1.29, 1.82) is 0 Å². The Labute approximate surface area is 180 Å². The normalized spacial score (nSPS) is 11.4. The number of para-hydroxylation sites is 1. The molecule has 3 aromatic rings. The Bertz CT molecular complexity index is 1140. The third-order valence-electron chi connectivity index (χ3n) is 4.97. The third kappa shape index (κ3) is 4.60. The fourth-order valence-corrected chi connectivity index (χ4v) is 3.36. The molecule has 0 aliphatic carbocycles. The standard InChI is InChI=1S/C24H26N2O5/c1-15-18(13-16-9-6-5-7-10-16)17-11-8-12-19(20(17)26(15)22(28)21(25)27)30-14-31-23(29)24(2,3)4/h5-12H,13-14H2,1-4H3,(H2,25,27). The van der Waals surface area contributed by atoms with E-state index in [4.69, 9.17) is 15.2 Å². The molecule has 0 aliphatic heterocycles. The van der Waals surface area contributed by atoms with E-state index >= 15 is 0 Å². The first-order valence-corrected chi connectivity index (χ1v) is 9.92. The van der Waals surface area contributed by atoms with Crippen LogP contribution in [0.25, 0.3) is 10.9 Å². The Morgan fingerprint density at radius 2 is 1.68 bits per heavy atom. The van der Waals surface area contributed by atoms with Crippen LogP contribution in [-0.4, -0.2) is 29.1 Å². The summed E-state index contributed by atoms with van der Waals surface area (Å²) in [4.78, 5) is 36.4. The van der Waals surface area contributed by atoms with Gasteiger partial charge in [0.25, 0.3) is 0 Å². The lowest BCUT2D eigenvalue weighted by atomic mass is 9.98. The highest BCUT2D eigenvalue weighted by molar-refractivity contribution is 6.37. The summed E-state index contributed by atoms with van der Waals surface area (Å²) in [6.07, 6.45) is 0.560. The molecule has 7 heteroatoms. The van der Waals surface area contributed by atoms with Crippen molar-refractivity contribution in [2.24, 2.45) is 11.1 Å². The zero-order valence-electron chi connectivity index (χ0n) is 18.1. The van der Waals surface area contributed by atoms with Crippen LogP contribution < -0.4 is 10.5 Å². The Balaban J connectivity index is 2.06. The van der Waals surface area contributed by atoms with E-state index in [1.165, 1.54) is 4.57 Å². The number of primary amides is 1. The Morgan fingerprint density at radius 3 is 2.29 bits per heavy atom. The van der Waals surface area contributed by atoms with Crippen molar-refractivity contribution in [3.8, 4) is 5.75 Å². The van der Waals surface area contributed by atoms with Gasteiger partial charge in [0.15, 0.2) is 0 Å². The number of carbonyl (C=O) groups is 3. The van der Waals surface area contributed by atoms with Crippen molar-refractivity contribution in [2.75, 3.05) is 6.79 Å². The first kappa shape index (κ1) is 22.1. The molecule has 2 aromatic carbocycles. The first-order valence-electron chi connectivity index (χ1n) is 9.92. The Hall–Kier alpha value is -3.61. The number of rotatable bonds is 5. The highest BCUT2D eigenvalue weighted by atomic mass is 16.7. The maximum Gasteiger partial charge on any atom is 0.320 e. The zero-order chi connectivity index (χ0) is 22.8. The van der Waals surface area contributed by atoms with Crippen LogP contribution in [0.2, 0.25) is 0 Å². The predicted octanol–water partition coefficient (Wildman–Crippen LogP) is 3.59. The van der Waals surface area contributed by atoms with Crippen molar-refractivity contribution in [3.63, 3.8) is 0 Å². The zero-order valence-corrected chi connectivity index (χ0v) is 18.1. The quantitative estimate of drug-likeness (QED) is 0.385. The number of ether oxygens (including phenoxy) is 2. The minimum atomic E-state index is -1.07. The van der Waals surface area contributed by atoms with Gasteiger partial charge in [0, 0.05) is 11.1 Å². The number of carbonyl (C=O) groups excluding carboxylic acids is 3. The molecule has 2 N–H and O–H groups in total. The lowest BCUT2D eigenvalue weighted by Crippen LogP contribution is -2.29. The summed E-state index contributed by atoms with van der Waals surface area (Å²) in [7, 11) is 0. The molecule has 0 spiro atoms. The molecule has 0 unspecified atom stereocenters. The summed E-state index contributed by atoms with van der Waals surface area (Å²) in [5, 5.41) is 0.760. The number of fused-ring (bicyclic) bond motifs is 1. The molecule has 0 radical (unpaired) electrons. The van der Waals surface area contributed by atoms with E-state index in [1.807, 2.05) is 36.4 Å². The van der Waals surface area contributed by atoms with Gasteiger partial charge in [-0.2, -0.15) is 0 Å². The summed E-state index contributed by atoms with van der Waals surface area (Å²) in [6.45, 7) is 6.67. The summed E-state index contributed by atoms with van der Waals surface area (Å²) in [5.74, 6) is -2.02. The van der Waals surface area contributed by atoms with Gasteiger partial charge in [-0.3, -0.25) is 19.0 Å². The summed E-state index contributed by atoms with van der Waals surface area (Å²) < 4.78 is 12.2. The fourth-order valence-electron chi connectivity index (χ4n) is 3.36. The second-order valence-corrected chi connectivity index (χ2v) is 8.33. The molecule has 31 heavy (non-hydrogen) atoms. The van der Waals surface area contributed by atoms with E-state index in [9.17, 15) is 14.4 Å². The predicted molar refractivity (Wildman–Crippen MR) is 117 cm³/mol. The fraction of sp³-hybridized carbons (Fsp3) is 0.292. The van der Waals surface area contributed by atoms with Crippen molar-refractivity contribution >= 4 is 28.7 Å². The van der Waals surface area contributed by atoms with Gasteiger partial charge in [-0.05, 0) is 51.3 Å². The van der Waals surface area contributed by atoms with Crippen LogP contribution in [0.5, 0.6) is 5.75 Å². The van der Waals surface area contributed by atoms with E-state index in [0.29, 0.717) is 23.4 Å². The maximum absolute atomic E-state index is 12.7. The molecule has 1 amide bonds. The van der Waals surface area contributed by atoms with Crippen LogP contribution in [0.3, 0.4) is 0 Å². The molecule has 0 saturated heterocycles. The summed E-state index contributed by atoms with van der Waals surface area (Å²) >= 11 is 0. The molecule has 0 saturated carbocycles. The Morgan fingerprint density at radius 1 is 1.00 bits per heavy atom. The number of esters is 1. The summed E-state index contributed by atoms with van der Waals surface area (Å²) in [6, 6.07) is 15.1. The minimum Gasteiger partial charge on any atom is -0.455 e. The molecule has 1 heterocycles. The van der Waals surface area contributed by atoms with Gasteiger partial charge in [-0.1, -0.05) is 42.5 Å². The van der Waals surface area contributed by atoms with Gasteiger partial charge in [0.2, 0.25) is 6.79 Å². The SMILES string of the molecule is Cc1c(Cc2ccccc2)c2cccc(OCOC(=O)C(C)(C)C)c2n1C(=O)C(N)=O. The van der Waals surface area contributed by atoms with Crippen LogP contribution >= 0.6 is 0 Å².